The lowest BCUT2D eigenvalue weighted by Crippen LogP contribution is -2.41. The fourth-order valence-corrected chi connectivity index (χ4v) is 2.11. The van der Waals surface area contributed by atoms with Crippen LogP contribution in [0.2, 0.25) is 0 Å². The summed E-state index contributed by atoms with van der Waals surface area (Å²) in [4.78, 5) is 35.1. The zero-order chi connectivity index (χ0) is 18.1. The van der Waals surface area contributed by atoms with Crippen molar-refractivity contribution in [2.24, 2.45) is 5.92 Å². The van der Waals surface area contributed by atoms with Gasteiger partial charge in [-0.05, 0) is 36.1 Å². The van der Waals surface area contributed by atoms with Gasteiger partial charge in [0.05, 0.1) is 7.11 Å². The fourth-order valence-electron chi connectivity index (χ4n) is 2.11. The first kappa shape index (κ1) is 19.4. The van der Waals surface area contributed by atoms with Crippen LogP contribution in [0.15, 0.2) is 30.3 Å². The Morgan fingerprint density at radius 2 is 1.79 bits per heavy atom. The number of benzene rings is 1. The lowest BCUT2D eigenvalue weighted by Gasteiger charge is -2.17. The van der Waals surface area contributed by atoms with Gasteiger partial charge in [0.15, 0.2) is 0 Å². The third-order valence-corrected chi connectivity index (χ3v) is 3.34. The quantitative estimate of drug-likeness (QED) is 0.589. The maximum absolute atomic E-state index is 12.0. The van der Waals surface area contributed by atoms with E-state index >= 15 is 0 Å². The van der Waals surface area contributed by atoms with Crippen LogP contribution in [0.25, 0.3) is 6.08 Å². The topological polar surface area (TPSA) is 84.5 Å². The van der Waals surface area contributed by atoms with E-state index in [4.69, 9.17) is 4.74 Å². The van der Waals surface area contributed by atoms with Crippen LogP contribution in [0.3, 0.4) is 0 Å². The molecular formula is C18H24N2O4. The van der Waals surface area contributed by atoms with Gasteiger partial charge in [-0.3, -0.25) is 9.59 Å². The molecule has 0 saturated carbocycles. The van der Waals surface area contributed by atoms with Crippen molar-refractivity contribution in [3.05, 3.63) is 41.5 Å². The number of carbonyl (C=O) groups excluding carboxylic acids is 3. The monoisotopic (exact) mass is 332 g/mol. The minimum Gasteiger partial charge on any atom is -0.467 e. The van der Waals surface area contributed by atoms with Gasteiger partial charge >= 0.3 is 5.97 Å². The Morgan fingerprint density at radius 3 is 2.29 bits per heavy atom. The third-order valence-electron chi connectivity index (χ3n) is 3.34. The van der Waals surface area contributed by atoms with Gasteiger partial charge < -0.3 is 15.4 Å². The molecule has 2 amide bonds. The summed E-state index contributed by atoms with van der Waals surface area (Å²) in [5.41, 5.74) is 1.32. The van der Waals surface area contributed by atoms with E-state index in [-0.39, 0.29) is 17.7 Å². The van der Waals surface area contributed by atoms with Crippen LogP contribution in [0.5, 0.6) is 0 Å². The summed E-state index contributed by atoms with van der Waals surface area (Å²) >= 11 is 0. The van der Waals surface area contributed by atoms with Gasteiger partial charge in [-0.2, -0.15) is 0 Å². The largest absolute Gasteiger partial charge is 0.467 e. The Hall–Kier alpha value is -2.63. The number of nitrogens with one attached hydrogen (secondary N) is 2. The molecule has 0 aliphatic heterocycles. The maximum atomic E-state index is 12.0. The van der Waals surface area contributed by atoms with E-state index in [1.165, 1.54) is 13.2 Å². The fraction of sp³-hybridized carbons (Fsp3) is 0.389. The van der Waals surface area contributed by atoms with E-state index < -0.39 is 12.0 Å². The van der Waals surface area contributed by atoms with E-state index in [1.807, 2.05) is 13.8 Å². The zero-order valence-corrected chi connectivity index (χ0v) is 14.5. The molecule has 0 fully saturated rings. The van der Waals surface area contributed by atoms with Crippen molar-refractivity contribution in [2.45, 2.75) is 26.3 Å². The van der Waals surface area contributed by atoms with Crippen LogP contribution in [0.1, 0.15) is 36.2 Å². The number of amides is 2. The average Bonchev–Trinajstić information content (AvgIpc) is 2.58. The number of ether oxygens (including phenoxy) is 1. The standard InChI is InChI=1S/C18H24N2O4/c1-12(2)11-15(18(23)24-4)20-16(21)10-7-13-5-8-14(9-6-13)17(22)19-3/h5-10,12,15H,11H2,1-4H3,(H,19,22)(H,20,21)/b10-7+. The molecule has 6 nitrogen and oxygen atoms in total. The molecule has 0 radical (unpaired) electrons. The Kier molecular flexibility index (Phi) is 7.68. The second-order valence-corrected chi connectivity index (χ2v) is 5.75. The average molecular weight is 332 g/mol. The molecule has 0 aliphatic rings. The van der Waals surface area contributed by atoms with Crippen LogP contribution in [-0.4, -0.2) is 38.0 Å². The van der Waals surface area contributed by atoms with Crippen LogP contribution in [0, 0.1) is 5.92 Å². The predicted octanol–water partition coefficient (Wildman–Crippen LogP) is 1.76. The number of esters is 1. The number of rotatable bonds is 7. The second-order valence-electron chi connectivity index (χ2n) is 5.75. The van der Waals surface area contributed by atoms with Crippen molar-refractivity contribution >= 4 is 23.9 Å². The van der Waals surface area contributed by atoms with Crippen molar-refractivity contribution < 1.29 is 19.1 Å². The molecule has 1 aromatic rings. The molecule has 0 aromatic heterocycles. The summed E-state index contributed by atoms with van der Waals surface area (Å²) < 4.78 is 4.71. The molecule has 0 heterocycles. The molecule has 1 rings (SSSR count). The molecule has 1 atom stereocenters. The van der Waals surface area contributed by atoms with Gasteiger partial charge in [0.25, 0.3) is 5.91 Å². The molecule has 1 aromatic carbocycles. The first-order valence-electron chi connectivity index (χ1n) is 7.76. The number of carbonyl (C=O) groups is 3. The van der Waals surface area contributed by atoms with E-state index in [1.54, 1.807) is 37.4 Å². The molecular weight excluding hydrogens is 308 g/mol. The van der Waals surface area contributed by atoms with Gasteiger partial charge in [0.2, 0.25) is 5.91 Å². The van der Waals surface area contributed by atoms with Crippen LogP contribution in [0.4, 0.5) is 0 Å². The van der Waals surface area contributed by atoms with Crippen molar-refractivity contribution in [3.63, 3.8) is 0 Å². The van der Waals surface area contributed by atoms with Gasteiger partial charge in [-0.25, -0.2) is 4.79 Å². The lowest BCUT2D eigenvalue weighted by molar-refractivity contribution is -0.145. The van der Waals surface area contributed by atoms with E-state index in [0.29, 0.717) is 12.0 Å². The van der Waals surface area contributed by atoms with Crippen molar-refractivity contribution in [3.8, 4) is 0 Å². The highest BCUT2D eigenvalue weighted by molar-refractivity contribution is 5.95. The van der Waals surface area contributed by atoms with Gasteiger partial charge in [0.1, 0.15) is 6.04 Å². The van der Waals surface area contributed by atoms with E-state index in [9.17, 15) is 14.4 Å². The maximum Gasteiger partial charge on any atom is 0.328 e. The molecule has 24 heavy (non-hydrogen) atoms. The number of hydrogen-bond donors (Lipinski definition) is 2. The van der Waals surface area contributed by atoms with Crippen LogP contribution in [-0.2, 0) is 14.3 Å². The van der Waals surface area contributed by atoms with Gasteiger partial charge in [-0.1, -0.05) is 26.0 Å². The Balaban J connectivity index is 2.69. The smallest absolute Gasteiger partial charge is 0.328 e. The van der Waals surface area contributed by atoms with E-state index in [2.05, 4.69) is 10.6 Å². The summed E-state index contributed by atoms with van der Waals surface area (Å²) in [6.45, 7) is 3.93. The molecule has 0 aliphatic carbocycles. The number of hydrogen-bond acceptors (Lipinski definition) is 4. The van der Waals surface area contributed by atoms with Gasteiger partial charge in [0, 0.05) is 18.7 Å². The Labute approximate surface area is 142 Å². The van der Waals surface area contributed by atoms with Crippen molar-refractivity contribution in [1.82, 2.24) is 10.6 Å². The van der Waals surface area contributed by atoms with Crippen LogP contribution >= 0.6 is 0 Å². The summed E-state index contributed by atoms with van der Waals surface area (Å²) in [5, 5.41) is 5.18. The van der Waals surface area contributed by atoms with Gasteiger partial charge in [-0.15, -0.1) is 0 Å². The molecule has 130 valence electrons. The van der Waals surface area contributed by atoms with E-state index in [0.717, 1.165) is 5.56 Å². The second kappa shape index (κ2) is 9.50. The molecule has 6 heteroatoms. The zero-order valence-electron chi connectivity index (χ0n) is 14.5. The molecule has 0 spiro atoms. The predicted molar refractivity (Wildman–Crippen MR) is 92.3 cm³/mol. The minimum atomic E-state index is -0.664. The first-order chi connectivity index (χ1) is 11.4. The number of methoxy groups -OCH3 is 1. The normalized spacial score (nSPS) is 12.0. The highest BCUT2D eigenvalue weighted by atomic mass is 16.5. The highest BCUT2D eigenvalue weighted by Gasteiger charge is 2.21. The Bertz CT molecular complexity index is 606. The third kappa shape index (κ3) is 6.24. The summed E-state index contributed by atoms with van der Waals surface area (Å²) in [5.74, 6) is -0.754. The lowest BCUT2D eigenvalue weighted by atomic mass is 10.0. The summed E-state index contributed by atoms with van der Waals surface area (Å²) in [7, 11) is 2.86. The molecule has 1 unspecified atom stereocenters. The highest BCUT2D eigenvalue weighted by Crippen LogP contribution is 2.08. The summed E-state index contributed by atoms with van der Waals surface area (Å²) in [6, 6.07) is 6.15. The first-order valence-corrected chi connectivity index (χ1v) is 7.76. The van der Waals surface area contributed by atoms with Crippen LogP contribution < -0.4 is 10.6 Å². The van der Waals surface area contributed by atoms with Crippen molar-refractivity contribution in [1.29, 1.82) is 0 Å². The molecule has 0 bridgehead atoms. The molecule has 2 N–H and O–H groups in total. The summed E-state index contributed by atoms with van der Waals surface area (Å²) in [6.07, 6.45) is 3.48. The molecule has 0 saturated heterocycles. The minimum absolute atomic E-state index is 0.169. The Morgan fingerprint density at radius 1 is 1.17 bits per heavy atom. The SMILES string of the molecule is CNC(=O)c1ccc(/C=C/C(=O)NC(CC(C)C)C(=O)OC)cc1. The van der Waals surface area contributed by atoms with Crippen molar-refractivity contribution in [2.75, 3.05) is 14.2 Å².